The number of aromatic nitrogens is 1. The van der Waals surface area contributed by atoms with Crippen molar-refractivity contribution in [3.63, 3.8) is 0 Å². The molecule has 0 unspecified atom stereocenters. The molecule has 92 valence electrons. The average molecular weight is 308 g/mol. The molecule has 0 atom stereocenters. The largest absolute Gasteiger partial charge is 0.299 e. The Bertz CT molecular complexity index is 537. The maximum atomic E-state index is 13.2. The molecular formula is C14H11BrFNO. The molecule has 0 N–H and O–H groups in total. The van der Waals surface area contributed by atoms with E-state index in [2.05, 4.69) is 20.9 Å². The van der Waals surface area contributed by atoms with Gasteiger partial charge in [-0.25, -0.2) is 4.39 Å². The van der Waals surface area contributed by atoms with Crippen LogP contribution in [0.4, 0.5) is 4.39 Å². The molecule has 1 heterocycles. The third-order valence-corrected chi connectivity index (χ3v) is 2.93. The summed E-state index contributed by atoms with van der Waals surface area (Å²) in [5.41, 5.74) is 1.60. The van der Waals surface area contributed by atoms with Crippen LogP contribution in [-0.4, -0.2) is 10.8 Å². The van der Waals surface area contributed by atoms with Gasteiger partial charge in [-0.05, 0) is 41.5 Å². The first-order valence-corrected chi connectivity index (χ1v) is 6.28. The predicted molar refractivity (Wildman–Crippen MR) is 70.8 cm³/mol. The van der Waals surface area contributed by atoms with Crippen molar-refractivity contribution in [3.8, 4) is 0 Å². The van der Waals surface area contributed by atoms with Crippen molar-refractivity contribution in [1.82, 2.24) is 4.98 Å². The number of carbonyl (C=O) groups excluding carboxylic acids is 1. The highest BCUT2D eigenvalue weighted by Gasteiger charge is 2.07. The van der Waals surface area contributed by atoms with Crippen LogP contribution in [0.2, 0.25) is 0 Å². The number of carbonyl (C=O) groups is 1. The van der Waals surface area contributed by atoms with Crippen molar-refractivity contribution in [1.29, 1.82) is 0 Å². The predicted octanol–water partition coefficient (Wildman–Crippen LogP) is 3.34. The van der Waals surface area contributed by atoms with E-state index < -0.39 is 0 Å². The molecular weight excluding hydrogens is 297 g/mol. The van der Waals surface area contributed by atoms with Crippen molar-refractivity contribution in [2.75, 3.05) is 0 Å². The van der Waals surface area contributed by atoms with Crippen molar-refractivity contribution < 1.29 is 9.18 Å². The molecule has 18 heavy (non-hydrogen) atoms. The number of Topliss-reactive ketones (excluding diaryl/α,β-unsaturated/α-hetero) is 1. The summed E-state index contributed by atoms with van der Waals surface area (Å²) in [6.07, 6.45) is 3.89. The van der Waals surface area contributed by atoms with Gasteiger partial charge in [0.25, 0.3) is 0 Å². The smallest absolute Gasteiger partial charge is 0.141 e. The number of hydrogen-bond donors (Lipinski definition) is 0. The third kappa shape index (κ3) is 3.74. The molecule has 1 aromatic carbocycles. The van der Waals surface area contributed by atoms with Crippen LogP contribution in [0.3, 0.4) is 0 Å². The molecule has 2 nitrogen and oxygen atoms in total. The molecule has 0 spiro atoms. The Balaban J connectivity index is 2.03. The summed E-state index contributed by atoms with van der Waals surface area (Å²) >= 11 is 3.21. The van der Waals surface area contributed by atoms with Gasteiger partial charge in [-0.15, -0.1) is 0 Å². The van der Waals surface area contributed by atoms with Crippen LogP contribution < -0.4 is 0 Å². The lowest BCUT2D eigenvalue weighted by Crippen LogP contribution is -2.06. The number of benzene rings is 1. The number of hydrogen-bond acceptors (Lipinski definition) is 2. The van der Waals surface area contributed by atoms with Crippen LogP contribution in [0.25, 0.3) is 0 Å². The van der Waals surface area contributed by atoms with Gasteiger partial charge in [0, 0.05) is 29.7 Å². The number of ketones is 1. The lowest BCUT2D eigenvalue weighted by molar-refractivity contribution is -0.117. The van der Waals surface area contributed by atoms with Crippen molar-refractivity contribution >= 4 is 21.7 Å². The SMILES string of the molecule is O=C(Cc1ccncc1)Cc1cc(F)cc(Br)c1. The van der Waals surface area contributed by atoms with Crippen LogP contribution in [0.15, 0.2) is 47.2 Å². The quantitative estimate of drug-likeness (QED) is 0.867. The van der Waals surface area contributed by atoms with Crippen LogP contribution >= 0.6 is 15.9 Å². The van der Waals surface area contributed by atoms with Gasteiger partial charge in [0.05, 0.1) is 0 Å². The van der Waals surface area contributed by atoms with Crippen molar-refractivity contribution in [2.45, 2.75) is 12.8 Å². The van der Waals surface area contributed by atoms with E-state index in [0.29, 0.717) is 16.5 Å². The summed E-state index contributed by atoms with van der Waals surface area (Å²) in [4.78, 5) is 15.7. The molecule has 0 aliphatic carbocycles. The van der Waals surface area contributed by atoms with Gasteiger partial charge < -0.3 is 0 Å². The van der Waals surface area contributed by atoms with E-state index in [0.717, 1.165) is 5.56 Å². The fourth-order valence-corrected chi connectivity index (χ4v) is 2.24. The molecule has 0 saturated carbocycles. The van der Waals surface area contributed by atoms with Crippen LogP contribution in [0, 0.1) is 5.82 Å². The minimum Gasteiger partial charge on any atom is -0.299 e. The summed E-state index contributed by atoms with van der Waals surface area (Å²) in [5, 5.41) is 0. The van der Waals surface area contributed by atoms with Crippen LogP contribution in [0.5, 0.6) is 0 Å². The van der Waals surface area contributed by atoms with Gasteiger partial charge in [0.15, 0.2) is 0 Å². The maximum absolute atomic E-state index is 13.2. The molecule has 1 aromatic heterocycles. The second-order valence-electron chi connectivity index (χ2n) is 4.03. The van der Waals surface area contributed by atoms with Crippen LogP contribution in [0.1, 0.15) is 11.1 Å². The molecule has 0 aliphatic heterocycles. The first-order chi connectivity index (χ1) is 8.63. The first-order valence-electron chi connectivity index (χ1n) is 5.49. The van der Waals surface area contributed by atoms with Gasteiger partial charge in [0.2, 0.25) is 0 Å². The van der Waals surface area contributed by atoms with Crippen molar-refractivity contribution in [2.24, 2.45) is 0 Å². The normalized spacial score (nSPS) is 10.3. The zero-order chi connectivity index (χ0) is 13.0. The zero-order valence-corrected chi connectivity index (χ0v) is 11.2. The summed E-state index contributed by atoms with van der Waals surface area (Å²) in [6.45, 7) is 0. The summed E-state index contributed by atoms with van der Waals surface area (Å²) in [7, 11) is 0. The highest BCUT2D eigenvalue weighted by Crippen LogP contribution is 2.16. The fraction of sp³-hybridized carbons (Fsp3) is 0.143. The molecule has 4 heteroatoms. The second kappa shape index (κ2) is 5.87. The average Bonchev–Trinajstić information content (AvgIpc) is 2.28. The second-order valence-corrected chi connectivity index (χ2v) is 4.94. The van der Waals surface area contributed by atoms with E-state index in [9.17, 15) is 9.18 Å². The van der Waals surface area contributed by atoms with E-state index in [-0.39, 0.29) is 18.0 Å². The molecule has 0 saturated heterocycles. The topological polar surface area (TPSA) is 30.0 Å². The Morgan fingerprint density at radius 2 is 1.78 bits per heavy atom. The first kappa shape index (κ1) is 12.9. The number of rotatable bonds is 4. The van der Waals surface area contributed by atoms with Gasteiger partial charge in [-0.3, -0.25) is 9.78 Å². The number of pyridine rings is 1. The van der Waals surface area contributed by atoms with Gasteiger partial charge in [0.1, 0.15) is 11.6 Å². The van der Waals surface area contributed by atoms with E-state index in [1.165, 1.54) is 12.1 Å². The number of nitrogens with zero attached hydrogens (tertiary/aromatic N) is 1. The Labute approximate surface area is 113 Å². The summed E-state index contributed by atoms with van der Waals surface area (Å²) < 4.78 is 13.8. The standard InChI is InChI=1S/C14H11BrFNO/c15-12-5-11(6-13(16)9-12)8-14(18)7-10-1-3-17-4-2-10/h1-6,9H,7-8H2. The Morgan fingerprint density at radius 3 is 2.44 bits per heavy atom. The lowest BCUT2D eigenvalue weighted by atomic mass is 10.0. The Kier molecular flexibility index (Phi) is 4.20. The number of halogens is 2. The monoisotopic (exact) mass is 307 g/mol. The highest BCUT2D eigenvalue weighted by atomic mass is 79.9. The fourth-order valence-electron chi connectivity index (χ4n) is 1.73. The molecule has 0 amide bonds. The Morgan fingerprint density at radius 1 is 1.11 bits per heavy atom. The lowest BCUT2D eigenvalue weighted by Gasteiger charge is -2.03. The third-order valence-electron chi connectivity index (χ3n) is 2.47. The molecule has 0 aliphatic rings. The summed E-state index contributed by atoms with van der Waals surface area (Å²) in [5.74, 6) is -0.283. The molecule has 0 fully saturated rings. The van der Waals surface area contributed by atoms with Gasteiger partial charge in [-0.2, -0.15) is 0 Å². The Hall–Kier alpha value is -1.55. The maximum Gasteiger partial charge on any atom is 0.141 e. The molecule has 2 rings (SSSR count). The molecule has 0 bridgehead atoms. The van der Waals surface area contributed by atoms with Crippen LogP contribution in [-0.2, 0) is 17.6 Å². The minimum atomic E-state index is -0.337. The molecule has 2 aromatic rings. The highest BCUT2D eigenvalue weighted by molar-refractivity contribution is 9.10. The summed E-state index contributed by atoms with van der Waals surface area (Å²) in [6, 6.07) is 8.12. The van der Waals surface area contributed by atoms with Crippen molar-refractivity contribution in [3.05, 3.63) is 64.1 Å². The zero-order valence-electron chi connectivity index (χ0n) is 9.57. The molecule has 0 radical (unpaired) electrons. The van der Waals surface area contributed by atoms with E-state index >= 15 is 0 Å². The van der Waals surface area contributed by atoms with Gasteiger partial charge in [-0.1, -0.05) is 15.9 Å². The van der Waals surface area contributed by atoms with E-state index in [1.807, 2.05) is 0 Å². The van der Waals surface area contributed by atoms with E-state index in [4.69, 9.17) is 0 Å². The van der Waals surface area contributed by atoms with Gasteiger partial charge >= 0.3 is 0 Å². The van der Waals surface area contributed by atoms with E-state index in [1.54, 1.807) is 30.6 Å². The minimum absolute atomic E-state index is 0.0544.